The van der Waals surface area contributed by atoms with E-state index < -0.39 is 11.8 Å². The molecule has 8 heteroatoms. The van der Waals surface area contributed by atoms with Gasteiger partial charge in [0.05, 0.1) is 16.8 Å². The van der Waals surface area contributed by atoms with E-state index in [1.807, 2.05) is 6.92 Å². The number of aromatic nitrogens is 4. The first-order valence-corrected chi connectivity index (χ1v) is 7.11. The number of aryl methyl sites for hydroxylation is 1. The van der Waals surface area contributed by atoms with E-state index in [0.29, 0.717) is 11.3 Å². The number of fused-ring (bicyclic) bond motifs is 1. The molecule has 3 rings (SSSR count). The molecule has 2 N–H and O–H groups in total. The molecular weight excluding hydrogens is 295 g/mol. The van der Waals surface area contributed by atoms with Crippen LogP contribution in [0.5, 0.6) is 0 Å². The van der Waals surface area contributed by atoms with Crippen LogP contribution in [0.4, 0.5) is 4.39 Å². The average molecular weight is 306 g/mol. The van der Waals surface area contributed by atoms with E-state index in [1.54, 1.807) is 0 Å². The first-order valence-electron chi connectivity index (χ1n) is 6.34. The predicted octanol–water partition coefficient (Wildman–Crippen LogP) is 2.87. The van der Waals surface area contributed by atoms with Crippen molar-refractivity contribution in [1.29, 1.82) is 0 Å². The van der Waals surface area contributed by atoms with Gasteiger partial charge in [0.1, 0.15) is 16.2 Å². The fourth-order valence-electron chi connectivity index (χ4n) is 2.14. The molecule has 6 nitrogen and oxygen atoms in total. The van der Waals surface area contributed by atoms with Crippen molar-refractivity contribution in [2.24, 2.45) is 0 Å². The third-order valence-electron chi connectivity index (χ3n) is 3.04. The first kappa shape index (κ1) is 13.6. The molecule has 0 aliphatic heterocycles. The lowest BCUT2D eigenvalue weighted by molar-refractivity contribution is 0.0698. The number of carboxylic acid groups (broad SMARTS) is 1. The van der Waals surface area contributed by atoms with Crippen molar-refractivity contribution in [3.63, 3.8) is 0 Å². The topological polar surface area (TPSA) is 91.8 Å². The number of carboxylic acids is 1. The number of halogens is 1. The van der Waals surface area contributed by atoms with Gasteiger partial charge in [0.25, 0.3) is 0 Å². The summed E-state index contributed by atoms with van der Waals surface area (Å²) in [7, 11) is 0. The smallest absolute Gasteiger partial charge is 0.338 e. The Morgan fingerprint density at radius 3 is 3.00 bits per heavy atom. The van der Waals surface area contributed by atoms with Crippen LogP contribution in [0.1, 0.15) is 29.4 Å². The number of benzene rings is 1. The number of imidazole rings is 1. The second kappa shape index (κ2) is 5.21. The number of nitrogens with zero attached hydrogens (tertiary/aromatic N) is 3. The number of aromatic carboxylic acids is 1. The predicted molar refractivity (Wildman–Crippen MR) is 75.9 cm³/mol. The first-order chi connectivity index (χ1) is 10.1. The summed E-state index contributed by atoms with van der Waals surface area (Å²) in [5.74, 6) is -1.36. The third kappa shape index (κ3) is 2.38. The van der Waals surface area contributed by atoms with Gasteiger partial charge in [-0.25, -0.2) is 14.2 Å². The Kier molecular flexibility index (Phi) is 3.38. The van der Waals surface area contributed by atoms with Crippen LogP contribution in [0.15, 0.2) is 12.1 Å². The zero-order valence-electron chi connectivity index (χ0n) is 11.1. The van der Waals surface area contributed by atoms with Crippen molar-refractivity contribution in [1.82, 2.24) is 19.6 Å². The number of aromatic amines is 1. The lowest BCUT2D eigenvalue weighted by Crippen LogP contribution is -1.98. The third-order valence-corrected chi connectivity index (χ3v) is 3.81. The van der Waals surface area contributed by atoms with Crippen molar-refractivity contribution >= 4 is 28.5 Å². The van der Waals surface area contributed by atoms with Gasteiger partial charge in [-0.15, -0.1) is 5.10 Å². The van der Waals surface area contributed by atoms with E-state index in [2.05, 4.69) is 19.6 Å². The quantitative estimate of drug-likeness (QED) is 0.773. The van der Waals surface area contributed by atoms with Crippen LogP contribution in [-0.4, -0.2) is 30.6 Å². The molecule has 0 aliphatic rings. The van der Waals surface area contributed by atoms with Crippen LogP contribution in [0.3, 0.4) is 0 Å². The van der Waals surface area contributed by atoms with E-state index in [9.17, 15) is 9.18 Å². The largest absolute Gasteiger partial charge is 0.478 e. The Bertz CT molecular complexity index is 827. The molecule has 108 valence electrons. The van der Waals surface area contributed by atoms with E-state index in [1.165, 1.54) is 17.6 Å². The molecule has 2 heterocycles. The molecule has 0 fully saturated rings. The molecule has 0 saturated heterocycles. The zero-order valence-corrected chi connectivity index (χ0v) is 11.9. The molecule has 0 radical (unpaired) electrons. The standard InChI is InChI=1S/C13H11FN4O2S/c1-2-3-8-11(21-18-17-8)12-15-9-5-6(14)4-7(13(19)20)10(9)16-12/h4-5H,2-3H2,1H3,(H,15,16)(H,19,20). The van der Waals surface area contributed by atoms with Crippen molar-refractivity contribution in [3.05, 3.63) is 29.2 Å². The van der Waals surface area contributed by atoms with Gasteiger partial charge in [-0.05, 0) is 30.1 Å². The Hall–Kier alpha value is -2.35. The molecule has 0 bridgehead atoms. The fourth-order valence-corrected chi connectivity index (χ4v) is 2.79. The molecule has 21 heavy (non-hydrogen) atoms. The minimum Gasteiger partial charge on any atom is -0.478 e. The number of hydrogen-bond acceptors (Lipinski definition) is 5. The van der Waals surface area contributed by atoms with Crippen LogP contribution in [-0.2, 0) is 6.42 Å². The molecule has 0 saturated carbocycles. The summed E-state index contributed by atoms with van der Waals surface area (Å²) in [5.41, 5.74) is 1.22. The van der Waals surface area contributed by atoms with Crippen LogP contribution in [0, 0.1) is 5.82 Å². The lowest BCUT2D eigenvalue weighted by atomic mass is 10.2. The summed E-state index contributed by atoms with van der Waals surface area (Å²) >= 11 is 1.18. The van der Waals surface area contributed by atoms with E-state index >= 15 is 0 Å². The van der Waals surface area contributed by atoms with Gasteiger partial charge in [0.2, 0.25) is 0 Å². The maximum Gasteiger partial charge on any atom is 0.338 e. The number of rotatable bonds is 4. The van der Waals surface area contributed by atoms with E-state index in [-0.39, 0.29) is 11.1 Å². The number of hydrogen-bond donors (Lipinski definition) is 2. The highest BCUT2D eigenvalue weighted by Crippen LogP contribution is 2.28. The summed E-state index contributed by atoms with van der Waals surface area (Å²) in [5, 5.41) is 13.2. The fraction of sp³-hybridized carbons (Fsp3) is 0.231. The maximum absolute atomic E-state index is 13.5. The number of nitrogens with one attached hydrogen (secondary N) is 1. The molecular formula is C13H11FN4O2S. The van der Waals surface area contributed by atoms with Gasteiger partial charge in [-0.1, -0.05) is 17.8 Å². The summed E-state index contributed by atoms with van der Waals surface area (Å²) < 4.78 is 17.4. The Morgan fingerprint density at radius 2 is 2.29 bits per heavy atom. The molecule has 2 aromatic heterocycles. The lowest BCUT2D eigenvalue weighted by Gasteiger charge is -1.95. The Balaban J connectivity index is 2.19. The molecule has 0 aliphatic carbocycles. The van der Waals surface area contributed by atoms with Crippen molar-refractivity contribution in [2.45, 2.75) is 19.8 Å². The van der Waals surface area contributed by atoms with Crippen molar-refractivity contribution in [2.75, 3.05) is 0 Å². The summed E-state index contributed by atoms with van der Waals surface area (Å²) in [6.45, 7) is 2.03. The van der Waals surface area contributed by atoms with Gasteiger partial charge >= 0.3 is 5.97 Å². The van der Waals surface area contributed by atoms with Crippen LogP contribution in [0.2, 0.25) is 0 Å². The molecule has 0 atom stereocenters. The van der Waals surface area contributed by atoms with Gasteiger partial charge in [-0.3, -0.25) is 0 Å². The highest BCUT2D eigenvalue weighted by atomic mass is 32.1. The molecule has 0 spiro atoms. The van der Waals surface area contributed by atoms with Gasteiger partial charge in [0, 0.05) is 0 Å². The normalized spacial score (nSPS) is 11.1. The van der Waals surface area contributed by atoms with Crippen LogP contribution >= 0.6 is 11.5 Å². The highest BCUT2D eigenvalue weighted by molar-refractivity contribution is 7.09. The van der Waals surface area contributed by atoms with Gasteiger partial charge < -0.3 is 10.1 Å². The SMILES string of the molecule is CCCc1nnsc1-c1nc2c(C(=O)O)cc(F)cc2[nH]1. The minimum atomic E-state index is -1.21. The van der Waals surface area contributed by atoms with Crippen molar-refractivity contribution < 1.29 is 14.3 Å². The molecule has 0 unspecified atom stereocenters. The van der Waals surface area contributed by atoms with Gasteiger partial charge in [-0.2, -0.15) is 0 Å². The second-order valence-electron chi connectivity index (χ2n) is 4.54. The molecule has 3 aromatic rings. The minimum absolute atomic E-state index is 0.165. The summed E-state index contributed by atoms with van der Waals surface area (Å²) in [4.78, 5) is 19.2. The monoisotopic (exact) mass is 306 g/mol. The summed E-state index contributed by atoms with van der Waals surface area (Å²) in [6, 6.07) is 2.19. The molecule has 0 amide bonds. The maximum atomic E-state index is 13.5. The second-order valence-corrected chi connectivity index (χ2v) is 5.29. The average Bonchev–Trinajstić information content (AvgIpc) is 3.03. The zero-order chi connectivity index (χ0) is 15.0. The molecule has 1 aromatic carbocycles. The Morgan fingerprint density at radius 1 is 1.48 bits per heavy atom. The number of H-pyrrole nitrogens is 1. The number of carbonyl (C=O) groups is 1. The van der Waals surface area contributed by atoms with E-state index in [4.69, 9.17) is 5.11 Å². The summed E-state index contributed by atoms with van der Waals surface area (Å²) in [6.07, 6.45) is 1.66. The Labute approximate surface area is 122 Å². The van der Waals surface area contributed by atoms with E-state index in [0.717, 1.165) is 29.5 Å². The van der Waals surface area contributed by atoms with Crippen LogP contribution in [0.25, 0.3) is 21.7 Å². The van der Waals surface area contributed by atoms with Crippen LogP contribution < -0.4 is 0 Å². The highest BCUT2D eigenvalue weighted by Gasteiger charge is 2.18. The van der Waals surface area contributed by atoms with Gasteiger partial charge in [0.15, 0.2) is 5.82 Å². The van der Waals surface area contributed by atoms with Crippen molar-refractivity contribution in [3.8, 4) is 10.7 Å².